The average molecular weight is 325 g/mol. The molecule has 2 N–H and O–H groups in total. The minimum atomic E-state index is -1.11. The Morgan fingerprint density at radius 2 is 1.96 bits per heavy atom. The van der Waals surface area contributed by atoms with Crippen molar-refractivity contribution in [2.45, 2.75) is 56.9 Å². The van der Waals surface area contributed by atoms with Gasteiger partial charge < -0.3 is 10.4 Å². The molecular weight excluding hydrogens is 304 g/mol. The Labute approximate surface area is 133 Å². The van der Waals surface area contributed by atoms with E-state index in [0.717, 1.165) is 25.0 Å². The number of carbonyl (C=O) groups excluding carboxylic acids is 1. The smallest absolute Gasteiger partial charge is 0.326 e. The minimum Gasteiger partial charge on any atom is -0.480 e. The molecule has 1 aliphatic rings. The van der Waals surface area contributed by atoms with Crippen LogP contribution in [0.3, 0.4) is 0 Å². The molecule has 126 valence electrons. The SMILES string of the molecule is CCCC(NC(=O)C1(c2ccc(F)cc2F)CCCC1)C(=O)O. The van der Waals surface area contributed by atoms with E-state index in [1.807, 2.05) is 6.92 Å². The molecule has 0 bridgehead atoms. The van der Waals surface area contributed by atoms with Crippen LogP contribution in [-0.4, -0.2) is 23.0 Å². The van der Waals surface area contributed by atoms with E-state index in [0.29, 0.717) is 25.7 Å². The number of amides is 1. The molecule has 2 rings (SSSR count). The fourth-order valence-electron chi connectivity index (χ4n) is 3.32. The maximum absolute atomic E-state index is 14.2. The number of halogens is 2. The maximum Gasteiger partial charge on any atom is 0.326 e. The highest BCUT2D eigenvalue weighted by molar-refractivity contribution is 5.91. The number of hydrogen-bond acceptors (Lipinski definition) is 2. The topological polar surface area (TPSA) is 66.4 Å². The van der Waals surface area contributed by atoms with Crippen LogP contribution in [0.2, 0.25) is 0 Å². The maximum atomic E-state index is 14.2. The summed E-state index contributed by atoms with van der Waals surface area (Å²) in [6, 6.07) is 2.20. The van der Waals surface area contributed by atoms with Crippen LogP contribution in [0.15, 0.2) is 18.2 Å². The molecule has 0 saturated heterocycles. The quantitative estimate of drug-likeness (QED) is 0.844. The van der Waals surface area contributed by atoms with E-state index in [4.69, 9.17) is 0 Å². The van der Waals surface area contributed by atoms with E-state index in [1.54, 1.807) is 0 Å². The first-order valence-electron chi connectivity index (χ1n) is 7.90. The van der Waals surface area contributed by atoms with Gasteiger partial charge in [0.2, 0.25) is 5.91 Å². The van der Waals surface area contributed by atoms with E-state index >= 15 is 0 Å². The molecule has 1 aromatic rings. The lowest BCUT2D eigenvalue weighted by Gasteiger charge is -2.30. The summed E-state index contributed by atoms with van der Waals surface area (Å²) in [5.41, 5.74) is -0.964. The fourth-order valence-corrected chi connectivity index (χ4v) is 3.32. The van der Waals surface area contributed by atoms with Crippen LogP contribution in [0, 0.1) is 11.6 Å². The lowest BCUT2D eigenvalue weighted by molar-refractivity contribution is -0.143. The molecule has 1 amide bonds. The normalized spacial score (nSPS) is 17.7. The van der Waals surface area contributed by atoms with Crippen LogP contribution >= 0.6 is 0 Å². The number of carboxylic acid groups (broad SMARTS) is 1. The van der Waals surface area contributed by atoms with Crippen molar-refractivity contribution in [3.05, 3.63) is 35.4 Å². The Hall–Kier alpha value is -1.98. The van der Waals surface area contributed by atoms with Gasteiger partial charge in [0.1, 0.15) is 17.7 Å². The molecule has 23 heavy (non-hydrogen) atoms. The van der Waals surface area contributed by atoms with Crippen LogP contribution in [0.1, 0.15) is 51.0 Å². The Morgan fingerprint density at radius 1 is 1.30 bits per heavy atom. The molecule has 1 fully saturated rings. The standard InChI is InChI=1S/C17H21F2NO3/c1-2-5-14(15(21)22)20-16(23)17(8-3-4-9-17)12-7-6-11(18)10-13(12)19/h6-7,10,14H,2-5,8-9H2,1H3,(H,20,23)(H,21,22). The van der Waals surface area contributed by atoms with Gasteiger partial charge in [-0.3, -0.25) is 4.79 Å². The van der Waals surface area contributed by atoms with Crippen LogP contribution in [0.5, 0.6) is 0 Å². The summed E-state index contributed by atoms with van der Waals surface area (Å²) in [4.78, 5) is 24.0. The summed E-state index contributed by atoms with van der Waals surface area (Å²) in [6.07, 6.45) is 3.27. The Morgan fingerprint density at radius 3 is 2.48 bits per heavy atom. The van der Waals surface area contributed by atoms with Crippen molar-refractivity contribution in [3.8, 4) is 0 Å². The number of nitrogens with one attached hydrogen (secondary N) is 1. The van der Waals surface area contributed by atoms with Crippen LogP contribution in [0.4, 0.5) is 8.78 Å². The number of hydrogen-bond donors (Lipinski definition) is 2. The molecule has 1 saturated carbocycles. The first-order chi connectivity index (χ1) is 10.9. The Balaban J connectivity index is 2.33. The van der Waals surface area contributed by atoms with Gasteiger partial charge in [-0.05, 0) is 25.3 Å². The van der Waals surface area contributed by atoms with Gasteiger partial charge in [-0.25, -0.2) is 13.6 Å². The third kappa shape index (κ3) is 3.51. The van der Waals surface area contributed by atoms with Crippen molar-refractivity contribution in [3.63, 3.8) is 0 Å². The zero-order valence-corrected chi connectivity index (χ0v) is 13.1. The van der Waals surface area contributed by atoms with Gasteiger partial charge >= 0.3 is 5.97 Å². The van der Waals surface area contributed by atoms with Gasteiger partial charge in [0.05, 0.1) is 5.41 Å². The molecule has 1 aromatic carbocycles. The highest BCUT2D eigenvalue weighted by Crippen LogP contribution is 2.42. The monoisotopic (exact) mass is 325 g/mol. The molecule has 0 aliphatic heterocycles. The molecule has 1 aliphatic carbocycles. The highest BCUT2D eigenvalue weighted by Gasteiger charge is 2.45. The van der Waals surface area contributed by atoms with Gasteiger partial charge in [0, 0.05) is 11.6 Å². The molecule has 1 unspecified atom stereocenters. The number of benzene rings is 1. The van der Waals surface area contributed by atoms with Crippen molar-refractivity contribution in [2.75, 3.05) is 0 Å². The lowest BCUT2D eigenvalue weighted by atomic mass is 9.77. The number of aliphatic carboxylic acids is 1. The van der Waals surface area contributed by atoms with Gasteiger partial charge in [-0.1, -0.05) is 32.3 Å². The van der Waals surface area contributed by atoms with Gasteiger partial charge in [0.25, 0.3) is 0 Å². The molecule has 1 atom stereocenters. The van der Waals surface area contributed by atoms with Crippen molar-refractivity contribution in [2.24, 2.45) is 0 Å². The molecule has 4 nitrogen and oxygen atoms in total. The fraction of sp³-hybridized carbons (Fsp3) is 0.529. The van der Waals surface area contributed by atoms with Crippen molar-refractivity contribution < 1.29 is 23.5 Å². The summed E-state index contributed by atoms with van der Waals surface area (Å²) in [7, 11) is 0. The van der Waals surface area contributed by atoms with E-state index in [-0.39, 0.29) is 5.56 Å². The van der Waals surface area contributed by atoms with Crippen molar-refractivity contribution in [1.29, 1.82) is 0 Å². The average Bonchev–Trinajstić information content (AvgIpc) is 2.97. The van der Waals surface area contributed by atoms with Gasteiger partial charge in [-0.15, -0.1) is 0 Å². The first-order valence-corrected chi connectivity index (χ1v) is 7.90. The molecule has 0 heterocycles. The van der Waals surface area contributed by atoms with E-state index in [9.17, 15) is 23.5 Å². The molecule has 0 radical (unpaired) electrons. The molecule has 0 spiro atoms. The molecule has 6 heteroatoms. The summed E-state index contributed by atoms with van der Waals surface area (Å²) < 4.78 is 27.4. The van der Waals surface area contributed by atoms with Crippen molar-refractivity contribution >= 4 is 11.9 Å². The highest BCUT2D eigenvalue weighted by atomic mass is 19.1. The summed E-state index contributed by atoms with van der Waals surface area (Å²) in [5, 5.41) is 11.7. The van der Waals surface area contributed by atoms with Gasteiger partial charge in [-0.2, -0.15) is 0 Å². The second-order valence-electron chi connectivity index (χ2n) is 6.07. The van der Waals surface area contributed by atoms with Gasteiger partial charge in [0.15, 0.2) is 0 Å². The lowest BCUT2D eigenvalue weighted by Crippen LogP contribution is -2.50. The van der Waals surface area contributed by atoms with Crippen LogP contribution < -0.4 is 5.32 Å². The van der Waals surface area contributed by atoms with E-state index in [2.05, 4.69) is 5.32 Å². The number of carbonyl (C=O) groups is 2. The summed E-state index contributed by atoms with van der Waals surface area (Å²) in [5.74, 6) is -3.05. The second kappa shape index (κ2) is 7.06. The second-order valence-corrected chi connectivity index (χ2v) is 6.07. The third-order valence-electron chi connectivity index (χ3n) is 4.52. The predicted molar refractivity (Wildman–Crippen MR) is 81.0 cm³/mol. The van der Waals surface area contributed by atoms with E-state index < -0.39 is 35.0 Å². The largest absolute Gasteiger partial charge is 0.480 e. The van der Waals surface area contributed by atoms with Crippen molar-refractivity contribution in [1.82, 2.24) is 5.32 Å². The third-order valence-corrected chi connectivity index (χ3v) is 4.52. The van der Waals surface area contributed by atoms with E-state index in [1.165, 1.54) is 6.07 Å². The summed E-state index contributed by atoms with van der Waals surface area (Å²) in [6.45, 7) is 1.83. The molecular formula is C17H21F2NO3. The minimum absolute atomic E-state index is 0.148. The zero-order chi connectivity index (χ0) is 17.0. The molecule has 0 aromatic heterocycles. The zero-order valence-electron chi connectivity index (χ0n) is 13.1. The Kier molecular flexibility index (Phi) is 5.34. The predicted octanol–water partition coefficient (Wildman–Crippen LogP) is 3.15. The van der Waals surface area contributed by atoms with Crippen LogP contribution in [-0.2, 0) is 15.0 Å². The Bertz CT molecular complexity index is 598. The summed E-state index contributed by atoms with van der Waals surface area (Å²) >= 11 is 0. The number of carboxylic acids is 1. The first kappa shape index (κ1) is 17.4. The van der Waals surface area contributed by atoms with Crippen LogP contribution in [0.25, 0.3) is 0 Å². The number of rotatable bonds is 6.